The van der Waals surface area contributed by atoms with Gasteiger partial charge in [0.15, 0.2) is 6.23 Å². The van der Waals surface area contributed by atoms with Crippen molar-refractivity contribution in [2.24, 2.45) is 0 Å². The summed E-state index contributed by atoms with van der Waals surface area (Å²) in [7, 11) is 0. The summed E-state index contributed by atoms with van der Waals surface area (Å²) in [6, 6.07) is 25.9. The van der Waals surface area contributed by atoms with Crippen LogP contribution in [0.15, 0.2) is 84.9 Å². The highest BCUT2D eigenvalue weighted by atomic mass is 16.5. The lowest BCUT2D eigenvalue weighted by Gasteiger charge is -2.31. The average molecular weight is 345 g/mol. The summed E-state index contributed by atoms with van der Waals surface area (Å²) in [5.41, 5.74) is 2.10. The van der Waals surface area contributed by atoms with Crippen molar-refractivity contribution < 1.29 is 14.6 Å². The normalized spacial score (nSPS) is 17.0. The maximum atomic E-state index is 12.9. The molecule has 4 heteroatoms. The SMILES string of the molecule is O=C1c2ccccc2C(O)N1C(COc1ccccc1)c1ccccc1. The van der Waals surface area contributed by atoms with Gasteiger partial charge in [-0.05, 0) is 23.8 Å². The van der Waals surface area contributed by atoms with Crippen molar-refractivity contribution >= 4 is 5.91 Å². The van der Waals surface area contributed by atoms with Crippen LogP contribution in [0.4, 0.5) is 0 Å². The number of aliphatic hydroxyl groups is 1. The Hall–Kier alpha value is -3.11. The van der Waals surface area contributed by atoms with Gasteiger partial charge >= 0.3 is 0 Å². The maximum Gasteiger partial charge on any atom is 0.257 e. The number of amides is 1. The third-order valence-electron chi connectivity index (χ3n) is 4.64. The molecule has 2 atom stereocenters. The molecule has 0 aromatic heterocycles. The molecule has 4 nitrogen and oxygen atoms in total. The highest BCUT2D eigenvalue weighted by molar-refractivity contribution is 5.99. The molecule has 0 bridgehead atoms. The van der Waals surface area contributed by atoms with Gasteiger partial charge in [0.05, 0.1) is 6.04 Å². The fourth-order valence-electron chi connectivity index (χ4n) is 3.33. The van der Waals surface area contributed by atoms with E-state index in [1.807, 2.05) is 72.8 Å². The summed E-state index contributed by atoms with van der Waals surface area (Å²) >= 11 is 0. The number of rotatable bonds is 5. The quantitative estimate of drug-likeness (QED) is 0.762. The third kappa shape index (κ3) is 2.95. The first-order valence-corrected chi connectivity index (χ1v) is 8.58. The zero-order chi connectivity index (χ0) is 17.9. The number of benzene rings is 3. The van der Waals surface area contributed by atoms with Gasteiger partial charge in [0.2, 0.25) is 0 Å². The van der Waals surface area contributed by atoms with E-state index in [-0.39, 0.29) is 12.5 Å². The van der Waals surface area contributed by atoms with E-state index in [9.17, 15) is 9.90 Å². The molecule has 0 fully saturated rings. The van der Waals surface area contributed by atoms with Gasteiger partial charge in [0.1, 0.15) is 12.4 Å². The van der Waals surface area contributed by atoms with E-state index >= 15 is 0 Å². The molecule has 2 unspecified atom stereocenters. The lowest BCUT2D eigenvalue weighted by Crippen LogP contribution is -2.35. The van der Waals surface area contributed by atoms with Crippen molar-refractivity contribution in [1.82, 2.24) is 4.90 Å². The van der Waals surface area contributed by atoms with Gasteiger partial charge in [0, 0.05) is 11.1 Å². The Morgan fingerprint density at radius 1 is 0.885 bits per heavy atom. The predicted molar refractivity (Wildman–Crippen MR) is 98.7 cm³/mol. The number of fused-ring (bicyclic) bond motifs is 1. The molecular weight excluding hydrogens is 326 g/mol. The third-order valence-corrected chi connectivity index (χ3v) is 4.64. The van der Waals surface area contributed by atoms with Crippen LogP contribution in [0.1, 0.15) is 33.8 Å². The molecule has 4 rings (SSSR count). The van der Waals surface area contributed by atoms with E-state index in [0.29, 0.717) is 11.1 Å². The molecule has 3 aromatic rings. The molecule has 130 valence electrons. The van der Waals surface area contributed by atoms with E-state index < -0.39 is 12.3 Å². The van der Waals surface area contributed by atoms with Gasteiger partial charge in [-0.15, -0.1) is 0 Å². The number of aliphatic hydroxyl groups excluding tert-OH is 1. The number of ether oxygens (including phenoxy) is 1. The maximum absolute atomic E-state index is 12.9. The Labute approximate surface area is 152 Å². The molecule has 1 amide bonds. The molecule has 0 saturated heterocycles. The van der Waals surface area contributed by atoms with Gasteiger partial charge < -0.3 is 9.84 Å². The highest BCUT2D eigenvalue weighted by Gasteiger charge is 2.40. The van der Waals surface area contributed by atoms with Crippen LogP contribution in [-0.4, -0.2) is 22.5 Å². The Balaban J connectivity index is 1.66. The molecule has 0 aliphatic carbocycles. The Morgan fingerprint density at radius 2 is 1.50 bits per heavy atom. The first-order chi connectivity index (χ1) is 12.8. The van der Waals surface area contributed by atoms with Gasteiger partial charge in [0.25, 0.3) is 5.91 Å². The second-order valence-electron chi connectivity index (χ2n) is 6.22. The average Bonchev–Trinajstić information content (AvgIpc) is 2.95. The van der Waals surface area contributed by atoms with Crippen LogP contribution in [0.3, 0.4) is 0 Å². The second-order valence-corrected chi connectivity index (χ2v) is 6.22. The van der Waals surface area contributed by atoms with E-state index in [2.05, 4.69) is 0 Å². The minimum Gasteiger partial charge on any atom is -0.491 e. The van der Waals surface area contributed by atoms with Gasteiger partial charge in [-0.1, -0.05) is 66.7 Å². The standard InChI is InChI=1S/C22H19NO3/c24-21-18-13-7-8-14-19(18)22(25)23(21)20(16-9-3-1-4-10-16)15-26-17-11-5-2-6-12-17/h1-14,20-21,24H,15H2. The molecule has 0 radical (unpaired) electrons. The Morgan fingerprint density at radius 3 is 2.19 bits per heavy atom. The van der Waals surface area contributed by atoms with Crippen molar-refractivity contribution in [3.05, 3.63) is 102 Å². The molecule has 1 aliphatic heterocycles. The summed E-state index contributed by atoms with van der Waals surface area (Å²) < 4.78 is 5.93. The Kier molecular flexibility index (Phi) is 4.42. The van der Waals surface area contributed by atoms with Crippen molar-refractivity contribution in [1.29, 1.82) is 0 Å². The molecule has 26 heavy (non-hydrogen) atoms. The predicted octanol–water partition coefficient (Wildman–Crippen LogP) is 3.95. The van der Waals surface area contributed by atoms with Crippen LogP contribution in [0.5, 0.6) is 5.75 Å². The van der Waals surface area contributed by atoms with Crippen LogP contribution in [0.25, 0.3) is 0 Å². The molecular formula is C22H19NO3. The minimum absolute atomic E-state index is 0.182. The molecule has 1 N–H and O–H groups in total. The number of nitrogens with zero attached hydrogens (tertiary/aromatic N) is 1. The van der Waals surface area contributed by atoms with Crippen LogP contribution >= 0.6 is 0 Å². The fraction of sp³-hybridized carbons (Fsp3) is 0.136. The second kappa shape index (κ2) is 7.02. The summed E-state index contributed by atoms with van der Waals surface area (Å²) in [4.78, 5) is 14.4. The Bertz CT molecular complexity index is 896. The summed E-state index contributed by atoms with van der Waals surface area (Å²) in [5, 5.41) is 10.8. The number of para-hydroxylation sites is 1. The largest absolute Gasteiger partial charge is 0.491 e. The van der Waals surface area contributed by atoms with Crippen LogP contribution in [0.2, 0.25) is 0 Å². The van der Waals surface area contributed by atoms with E-state index in [0.717, 1.165) is 11.3 Å². The van der Waals surface area contributed by atoms with Crippen LogP contribution < -0.4 is 4.74 Å². The minimum atomic E-state index is -0.983. The number of hydrogen-bond donors (Lipinski definition) is 1. The van der Waals surface area contributed by atoms with Crippen molar-refractivity contribution in [3.63, 3.8) is 0 Å². The van der Waals surface area contributed by atoms with Crippen LogP contribution in [-0.2, 0) is 0 Å². The lowest BCUT2D eigenvalue weighted by molar-refractivity contribution is -0.0137. The molecule has 1 heterocycles. The smallest absolute Gasteiger partial charge is 0.257 e. The lowest BCUT2D eigenvalue weighted by atomic mass is 10.1. The first-order valence-electron chi connectivity index (χ1n) is 8.58. The number of carbonyl (C=O) groups excluding carboxylic acids is 1. The van der Waals surface area contributed by atoms with Crippen molar-refractivity contribution in [3.8, 4) is 5.75 Å². The molecule has 0 saturated carbocycles. The van der Waals surface area contributed by atoms with Crippen molar-refractivity contribution in [2.45, 2.75) is 12.3 Å². The zero-order valence-electron chi connectivity index (χ0n) is 14.2. The highest BCUT2D eigenvalue weighted by Crippen LogP contribution is 2.38. The number of hydrogen-bond acceptors (Lipinski definition) is 3. The summed E-state index contributed by atoms with van der Waals surface area (Å²) in [6.07, 6.45) is -0.983. The molecule has 3 aromatic carbocycles. The van der Waals surface area contributed by atoms with Gasteiger partial charge in [-0.25, -0.2) is 0 Å². The van der Waals surface area contributed by atoms with E-state index in [1.165, 1.54) is 4.90 Å². The molecule has 0 spiro atoms. The molecule has 1 aliphatic rings. The zero-order valence-corrected chi connectivity index (χ0v) is 14.2. The summed E-state index contributed by atoms with van der Waals surface area (Å²) in [5.74, 6) is 0.547. The van der Waals surface area contributed by atoms with Crippen LogP contribution in [0, 0.1) is 0 Å². The van der Waals surface area contributed by atoms with E-state index in [1.54, 1.807) is 12.1 Å². The topological polar surface area (TPSA) is 49.8 Å². The number of carbonyl (C=O) groups is 1. The summed E-state index contributed by atoms with van der Waals surface area (Å²) in [6.45, 7) is 0.255. The van der Waals surface area contributed by atoms with E-state index in [4.69, 9.17) is 4.74 Å². The first kappa shape index (κ1) is 16.4. The van der Waals surface area contributed by atoms with Gasteiger partial charge in [-0.2, -0.15) is 0 Å². The van der Waals surface area contributed by atoms with Crippen molar-refractivity contribution in [2.75, 3.05) is 6.61 Å². The fourth-order valence-corrected chi connectivity index (χ4v) is 3.33. The van der Waals surface area contributed by atoms with Gasteiger partial charge in [-0.3, -0.25) is 9.69 Å². The monoisotopic (exact) mass is 345 g/mol.